The number of halogens is 1. The van der Waals surface area contributed by atoms with Crippen molar-refractivity contribution >= 4 is 34.3 Å². The highest BCUT2D eigenvalue weighted by Crippen LogP contribution is 2.38. The van der Waals surface area contributed by atoms with E-state index in [9.17, 15) is 14.0 Å². The predicted octanol–water partition coefficient (Wildman–Crippen LogP) is 4.74. The number of carbonyl (C=O) groups is 2. The highest BCUT2D eigenvalue weighted by molar-refractivity contribution is 8.14. The third-order valence-corrected chi connectivity index (χ3v) is 6.70. The molecule has 4 rings (SSSR count). The molecule has 0 saturated heterocycles. The summed E-state index contributed by atoms with van der Waals surface area (Å²) in [7, 11) is 2.81. The number of thioether (sulfide) groups is 1. The third-order valence-electron chi connectivity index (χ3n) is 5.45. The first-order valence-electron chi connectivity index (χ1n) is 11.1. The van der Waals surface area contributed by atoms with Gasteiger partial charge in [0.2, 0.25) is 0 Å². The fourth-order valence-electron chi connectivity index (χ4n) is 3.69. The van der Waals surface area contributed by atoms with Gasteiger partial charge in [-0.3, -0.25) is 14.6 Å². The van der Waals surface area contributed by atoms with E-state index in [-0.39, 0.29) is 40.1 Å². The number of methoxy groups -OCH3 is 2. The molecule has 1 aromatic heterocycles. The fourth-order valence-corrected chi connectivity index (χ4v) is 4.61. The molecule has 0 aliphatic carbocycles. The minimum atomic E-state index is -0.547. The second kappa shape index (κ2) is 11.2. The lowest BCUT2D eigenvalue weighted by molar-refractivity contribution is 0.102. The molecular weight excluding hydrogens is 485 g/mol. The quantitative estimate of drug-likeness (QED) is 0.468. The standard InChI is InChI=1S/C25H24FN5O4S/c1-4-20-21(17-9-10-18(26)23(35-3)22(17)34-2)30-31(25(33)36-20)14-15-5-7-16(8-6-15)29-24(32)19-13-27-11-12-28-19/h5-13,20H,4,14H2,1-3H3,(H,29,32). The molecule has 2 aromatic carbocycles. The summed E-state index contributed by atoms with van der Waals surface area (Å²) in [5.41, 5.74) is 2.76. The van der Waals surface area contributed by atoms with E-state index in [4.69, 9.17) is 9.47 Å². The van der Waals surface area contributed by atoms with Crippen molar-refractivity contribution in [2.45, 2.75) is 25.1 Å². The predicted molar refractivity (Wildman–Crippen MR) is 135 cm³/mol. The van der Waals surface area contributed by atoms with Crippen LogP contribution < -0.4 is 14.8 Å². The monoisotopic (exact) mass is 509 g/mol. The molecule has 9 nitrogen and oxygen atoms in total. The Hall–Kier alpha value is -3.99. The van der Waals surface area contributed by atoms with Crippen molar-refractivity contribution in [1.82, 2.24) is 15.0 Å². The molecule has 0 bridgehead atoms. The SMILES string of the molecule is CCC1SC(=O)N(Cc2ccc(NC(=O)c3cnccn3)cc2)N=C1c1ccc(F)c(OC)c1OC. The summed E-state index contributed by atoms with van der Waals surface area (Å²) < 4.78 is 24.9. The lowest BCUT2D eigenvalue weighted by Crippen LogP contribution is -2.35. The fraction of sp³-hybridized carbons (Fsp3) is 0.240. The summed E-state index contributed by atoms with van der Waals surface area (Å²) >= 11 is 1.16. The summed E-state index contributed by atoms with van der Waals surface area (Å²) in [6, 6.07) is 9.95. The zero-order valence-electron chi connectivity index (χ0n) is 19.9. The number of aromatic nitrogens is 2. The molecular formula is C25H24FN5O4S. The second-order valence-corrected chi connectivity index (χ2v) is 8.88. The van der Waals surface area contributed by atoms with Crippen LogP contribution in [0.15, 0.2) is 60.1 Å². The number of hydrogen-bond acceptors (Lipinski definition) is 8. The Kier molecular flexibility index (Phi) is 7.79. The largest absolute Gasteiger partial charge is 0.492 e. The molecule has 0 spiro atoms. The number of hydrogen-bond donors (Lipinski definition) is 1. The number of nitrogens with one attached hydrogen (secondary N) is 1. The van der Waals surface area contributed by atoms with Crippen LogP contribution in [0, 0.1) is 5.82 Å². The Morgan fingerprint density at radius 1 is 1.11 bits per heavy atom. The van der Waals surface area contributed by atoms with Gasteiger partial charge in [-0.25, -0.2) is 14.4 Å². The molecule has 0 saturated carbocycles. The summed E-state index contributed by atoms with van der Waals surface area (Å²) in [4.78, 5) is 33.0. The minimum absolute atomic E-state index is 0.0138. The van der Waals surface area contributed by atoms with Crippen molar-refractivity contribution in [2.75, 3.05) is 19.5 Å². The highest BCUT2D eigenvalue weighted by atomic mass is 32.2. The maximum Gasteiger partial charge on any atom is 0.302 e. The number of rotatable bonds is 8. The van der Waals surface area contributed by atoms with E-state index in [1.54, 1.807) is 30.3 Å². The molecule has 36 heavy (non-hydrogen) atoms. The molecule has 2 heterocycles. The maximum atomic E-state index is 14.3. The van der Waals surface area contributed by atoms with Crippen LogP contribution in [0.4, 0.5) is 14.9 Å². The molecule has 3 aromatic rings. The number of hydrazone groups is 1. The zero-order chi connectivity index (χ0) is 25.7. The van der Waals surface area contributed by atoms with Crippen molar-refractivity contribution in [3.05, 3.63) is 77.6 Å². The Morgan fingerprint density at radius 3 is 2.50 bits per heavy atom. The number of carbonyl (C=O) groups excluding carboxylic acids is 2. The van der Waals surface area contributed by atoms with Crippen molar-refractivity contribution < 1.29 is 23.5 Å². The summed E-state index contributed by atoms with van der Waals surface area (Å²) in [5.74, 6) is -0.704. The number of amides is 2. The van der Waals surface area contributed by atoms with E-state index in [1.807, 2.05) is 6.92 Å². The van der Waals surface area contributed by atoms with Gasteiger partial charge in [-0.2, -0.15) is 5.10 Å². The third kappa shape index (κ3) is 5.30. The smallest absolute Gasteiger partial charge is 0.302 e. The molecule has 11 heteroatoms. The maximum absolute atomic E-state index is 14.3. The van der Waals surface area contributed by atoms with Gasteiger partial charge >= 0.3 is 5.24 Å². The normalized spacial score (nSPS) is 15.3. The molecule has 1 N–H and O–H groups in total. The van der Waals surface area contributed by atoms with Gasteiger partial charge in [0.25, 0.3) is 5.91 Å². The first-order chi connectivity index (χ1) is 17.4. The molecule has 186 valence electrons. The average molecular weight is 510 g/mol. The van der Waals surface area contributed by atoms with Gasteiger partial charge in [0.15, 0.2) is 17.3 Å². The lowest BCUT2D eigenvalue weighted by atomic mass is 10.0. The molecule has 0 fully saturated rings. The van der Waals surface area contributed by atoms with E-state index in [0.29, 0.717) is 23.4 Å². The Morgan fingerprint density at radius 2 is 1.86 bits per heavy atom. The Labute approximate surface area is 211 Å². The van der Waals surface area contributed by atoms with Gasteiger partial charge < -0.3 is 14.8 Å². The van der Waals surface area contributed by atoms with Gasteiger partial charge in [0.05, 0.1) is 37.9 Å². The van der Waals surface area contributed by atoms with E-state index < -0.39 is 5.82 Å². The van der Waals surface area contributed by atoms with Gasteiger partial charge in [-0.05, 0) is 36.2 Å². The van der Waals surface area contributed by atoms with Crippen LogP contribution >= 0.6 is 11.8 Å². The van der Waals surface area contributed by atoms with Crippen LogP contribution in [-0.2, 0) is 6.54 Å². The first kappa shape index (κ1) is 25.1. The number of ether oxygens (including phenoxy) is 2. The zero-order valence-corrected chi connectivity index (χ0v) is 20.7. The number of benzene rings is 2. The Bertz CT molecular complexity index is 1290. The van der Waals surface area contributed by atoms with Gasteiger partial charge in [-0.1, -0.05) is 30.8 Å². The van der Waals surface area contributed by atoms with Crippen LogP contribution in [0.1, 0.15) is 35.0 Å². The molecule has 1 aliphatic rings. The topological polar surface area (TPSA) is 106 Å². The Balaban J connectivity index is 1.57. The molecule has 1 unspecified atom stereocenters. The van der Waals surface area contributed by atoms with Crippen LogP contribution in [0.2, 0.25) is 0 Å². The van der Waals surface area contributed by atoms with Crippen LogP contribution in [-0.4, -0.2) is 51.3 Å². The van der Waals surface area contributed by atoms with Crippen molar-refractivity contribution in [1.29, 1.82) is 0 Å². The number of anilines is 1. The average Bonchev–Trinajstić information content (AvgIpc) is 2.91. The summed E-state index contributed by atoms with van der Waals surface area (Å²) in [6.07, 6.45) is 4.96. The van der Waals surface area contributed by atoms with E-state index in [1.165, 1.54) is 43.9 Å². The van der Waals surface area contributed by atoms with Crippen LogP contribution in [0.25, 0.3) is 0 Å². The van der Waals surface area contributed by atoms with Gasteiger partial charge in [0.1, 0.15) is 5.69 Å². The van der Waals surface area contributed by atoms with Crippen LogP contribution in [0.5, 0.6) is 11.5 Å². The van der Waals surface area contributed by atoms with Crippen molar-refractivity contribution in [3.8, 4) is 11.5 Å². The minimum Gasteiger partial charge on any atom is -0.492 e. The van der Waals surface area contributed by atoms with Gasteiger partial charge in [0, 0.05) is 23.6 Å². The lowest BCUT2D eigenvalue weighted by Gasteiger charge is -2.29. The number of nitrogens with zero attached hydrogens (tertiary/aromatic N) is 4. The van der Waals surface area contributed by atoms with Crippen molar-refractivity contribution in [2.24, 2.45) is 5.10 Å². The molecule has 1 aliphatic heterocycles. The molecule has 1 atom stereocenters. The summed E-state index contributed by atoms with van der Waals surface area (Å²) in [6.45, 7) is 2.17. The van der Waals surface area contributed by atoms with E-state index in [0.717, 1.165) is 17.3 Å². The highest BCUT2D eigenvalue weighted by Gasteiger charge is 2.33. The molecule has 2 amide bonds. The first-order valence-corrected chi connectivity index (χ1v) is 12.0. The van der Waals surface area contributed by atoms with E-state index in [2.05, 4.69) is 20.4 Å². The van der Waals surface area contributed by atoms with Crippen LogP contribution in [0.3, 0.4) is 0 Å². The van der Waals surface area contributed by atoms with Crippen molar-refractivity contribution in [3.63, 3.8) is 0 Å². The molecule has 0 radical (unpaired) electrons. The summed E-state index contributed by atoms with van der Waals surface area (Å²) in [5, 5.41) is 8.35. The van der Waals surface area contributed by atoms with Gasteiger partial charge in [-0.15, -0.1) is 0 Å². The second-order valence-electron chi connectivity index (χ2n) is 7.73. The van der Waals surface area contributed by atoms with E-state index >= 15 is 0 Å².